The topological polar surface area (TPSA) is 147 Å². The number of hydrogen-bond acceptors (Lipinski definition) is 6. The Balaban J connectivity index is 3.26. The van der Waals surface area contributed by atoms with E-state index < -0.39 is 45.9 Å². The van der Waals surface area contributed by atoms with Crippen molar-refractivity contribution in [3.63, 3.8) is 0 Å². The Labute approximate surface area is 99.2 Å². The summed E-state index contributed by atoms with van der Waals surface area (Å²) in [6.07, 6.45) is -4.23. The number of aliphatic hydroxyl groups excluding tert-OH is 2. The maximum absolute atomic E-state index is 13.3. The second-order valence-electron chi connectivity index (χ2n) is 3.42. The fraction of sp³-hybridized carbons (Fsp3) is 0.222. The molecule has 8 nitrogen and oxygen atoms in total. The molecule has 2 unspecified atom stereocenters. The molecule has 2 atom stereocenters. The SMILES string of the molecule is Nc1c(F)cc(C(O)C(O)C(=O)O)cc1[N+](=O)[O-]. The number of nitrogens with two attached hydrogens (primary N) is 1. The van der Waals surface area contributed by atoms with Gasteiger partial charge in [0.15, 0.2) is 11.9 Å². The van der Waals surface area contributed by atoms with Crippen LogP contribution in [0, 0.1) is 15.9 Å². The van der Waals surface area contributed by atoms with Gasteiger partial charge in [-0.1, -0.05) is 0 Å². The van der Waals surface area contributed by atoms with Crippen molar-refractivity contribution < 1.29 is 29.4 Å². The minimum Gasteiger partial charge on any atom is -0.479 e. The monoisotopic (exact) mass is 260 g/mol. The number of aliphatic carboxylic acids is 1. The normalized spacial score (nSPS) is 13.9. The van der Waals surface area contributed by atoms with Crippen molar-refractivity contribution >= 4 is 17.3 Å². The molecule has 1 rings (SSSR count). The summed E-state index contributed by atoms with van der Waals surface area (Å²) in [6, 6.07) is 1.33. The summed E-state index contributed by atoms with van der Waals surface area (Å²) in [5, 5.41) is 37.5. The predicted octanol–water partition coefficient (Wildman–Crippen LogP) is -0.205. The highest BCUT2D eigenvalue weighted by atomic mass is 19.1. The number of carboxylic acid groups (broad SMARTS) is 1. The molecule has 9 heteroatoms. The van der Waals surface area contributed by atoms with Crippen molar-refractivity contribution in [1.29, 1.82) is 0 Å². The molecule has 0 saturated carbocycles. The lowest BCUT2D eigenvalue weighted by Gasteiger charge is -2.14. The van der Waals surface area contributed by atoms with E-state index >= 15 is 0 Å². The van der Waals surface area contributed by atoms with Gasteiger partial charge in [-0.3, -0.25) is 10.1 Å². The molecular weight excluding hydrogens is 251 g/mol. The maximum atomic E-state index is 13.3. The molecule has 0 bridgehead atoms. The van der Waals surface area contributed by atoms with E-state index in [-0.39, 0.29) is 0 Å². The summed E-state index contributed by atoms with van der Waals surface area (Å²) in [5.41, 5.74) is 3.10. The van der Waals surface area contributed by atoms with Gasteiger partial charge >= 0.3 is 5.97 Å². The number of rotatable bonds is 4. The van der Waals surface area contributed by atoms with Gasteiger partial charge in [-0.05, 0) is 11.6 Å². The Bertz CT molecular complexity index is 506. The molecule has 0 fully saturated rings. The molecule has 0 aromatic heterocycles. The van der Waals surface area contributed by atoms with Gasteiger partial charge in [0.1, 0.15) is 11.8 Å². The number of anilines is 1. The van der Waals surface area contributed by atoms with Gasteiger partial charge in [-0.25, -0.2) is 9.18 Å². The van der Waals surface area contributed by atoms with E-state index in [4.69, 9.17) is 15.9 Å². The van der Waals surface area contributed by atoms with Crippen LogP contribution in [0.2, 0.25) is 0 Å². The molecule has 0 aliphatic carbocycles. The molecule has 0 aliphatic heterocycles. The standard InChI is InChI=1S/C9H9FN2O6/c10-4-1-3(7(13)8(14)9(15)16)2-5(6(4)11)12(17)18/h1-2,7-8,13-14H,11H2,(H,15,16). The molecule has 0 spiro atoms. The fourth-order valence-corrected chi connectivity index (χ4v) is 1.26. The van der Waals surface area contributed by atoms with Crippen LogP contribution in [0.15, 0.2) is 12.1 Å². The third-order valence-electron chi connectivity index (χ3n) is 2.22. The number of nitro benzene ring substituents is 1. The van der Waals surface area contributed by atoms with Crippen LogP contribution in [0.25, 0.3) is 0 Å². The molecular formula is C9H9FN2O6. The van der Waals surface area contributed by atoms with Crippen molar-refractivity contribution in [2.45, 2.75) is 12.2 Å². The highest BCUT2D eigenvalue weighted by Gasteiger charge is 2.28. The molecule has 98 valence electrons. The Morgan fingerprint density at radius 3 is 2.44 bits per heavy atom. The molecule has 0 radical (unpaired) electrons. The highest BCUT2D eigenvalue weighted by Crippen LogP contribution is 2.29. The minimum atomic E-state index is -2.23. The van der Waals surface area contributed by atoms with Gasteiger partial charge in [0.25, 0.3) is 5.69 Å². The number of nitro groups is 1. The Kier molecular flexibility index (Phi) is 3.79. The lowest BCUT2D eigenvalue weighted by molar-refractivity contribution is -0.384. The summed E-state index contributed by atoms with van der Waals surface area (Å²) in [7, 11) is 0. The van der Waals surface area contributed by atoms with Crippen LogP contribution < -0.4 is 5.73 Å². The van der Waals surface area contributed by atoms with Gasteiger partial charge in [0.2, 0.25) is 0 Å². The first kappa shape index (κ1) is 13.8. The van der Waals surface area contributed by atoms with Gasteiger partial charge in [0, 0.05) is 6.07 Å². The molecule has 5 N–H and O–H groups in total. The lowest BCUT2D eigenvalue weighted by Crippen LogP contribution is -2.27. The highest BCUT2D eigenvalue weighted by molar-refractivity contribution is 5.73. The minimum absolute atomic E-state index is 0.455. The molecule has 1 aromatic rings. The first-order valence-electron chi connectivity index (χ1n) is 4.58. The second kappa shape index (κ2) is 4.94. The zero-order chi connectivity index (χ0) is 14.0. The van der Waals surface area contributed by atoms with Crippen molar-refractivity contribution in [2.75, 3.05) is 5.73 Å². The van der Waals surface area contributed by atoms with E-state index in [1.807, 2.05) is 0 Å². The summed E-state index contributed by atoms with van der Waals surface area (Å²) >= 11 is 0. The molecule has 18 heavy (non-hydrogen) atoms. The average molecular weight is 260 g/mol. The van der Waals surface area contributed by atoms with E-state index in [1.165, 1.54) is 0 Å². The summed E-state index contributed by atoms with van der Waals surface area (Å²) in [5.74, 6) is -2.93. The van der Waals surface area contributed by atoms with Crippen LogP contribution in [0.3, 0.4) is 0 Å². The van der Waals surface area contributed by atoms with E-state index in [2.05, 4.69) is 0 Å². The Hall–Kier alpha value is -2.26. The van der Waals surface area contributed by atoms with Gasteiger partial charge in [-0.15, -0.1) is 0 Å². The molecule has 0 saturated heterocycles. The van der Waals surface area contributed by atoms with Crippen LogP contribution in [-0.4, -0.2) is 32.3 Å². The second-order valence-corrected chi connectivity index (χ2v) is 3.42. The molecule has 1 aromatic carbocycles. The number of benzene rings is 1. The zero-order valence-electron chi connectivity index (χ0n) is 8.78. The van der Waals surface area contributed by atoms with Crippen molar-refractivity contribution in [3.05, 3.63) is 33.6 Å². The first-order valence-corrected chi connectivity index (χ1v) is 4.58. The van der Waals surface area contributed by atoms with E-state index in [0.29, 0.717) is 12.1 Å². The maximum Gasteiger partial charge on any atom is 0.335 e. The quantitative estimate of drug-likeness (QED) is 0.332. The zero-order valence-corrected chi connectivity index (χ0v) is 8.78. The number of nitrogen functional groups attached to an aromatic ring is 1. The number of nitrogens with zero attached hydrogens (tertiary/aromatic N) is 1. The number of carboxylic acids is 1. The molecule has 0 aliphatic rings. The van der Waals surface area contributed by atoms with Crippen LogP contribution in [-0.2, 0) is 4.79 Å². The van der Waals surface area contributed by atoms with Crippen LogP contribution in [0.5, 0.6) is 0 Å². The molecule has 0 heterocycles. The van der Waals surface area contributed by atoms with Crippen LogP contribution >= 0.6 is 0 Å². The van der Waals surface area contributed by atoms with Crippen molar-refractivity contribution in [2.24, 2.45) is 0 Å². The van der Waals surface area contributed by atoms with Gasteiger partial charge in [0.05, 0.1) is 4.92 Å². The smallest absolute Gasteiger partial charge is 0.335 e. The fourth-order valence-electron chi connectivity index (χ4n) is 1.26. The van der Waals surface area contributed by atoms with E-state index in [9.17, 15) is 24.4 Å². The number of hydrogen-bond donors (Lipinski definition) is 4. The summed E-state index contributed by atoms with van der Waals surface area (Å²) in [4.78, 5) is 20.0. The molecule has 0 amide bonds. The van der Waals surface area contributed by atoms with E-state index in [1.54, 1.807) is 0 Å². The third kappa shape index (κ3) is 2.52. The van der Waals surface area contributed by atoms with E-state index in [0.717, 1.165) is 0 Å². The van der Waals surface area contributed by atoms with Gasteiger partial charge < -0.3 is 21.1 Å². The number of aliphatic hydroxyl groups is 2. The van der Waals surface area contributed by atoms with Gasteiger partial charge in [-0.2, -0.15) is 0 Å². The Morgan fingerprint density at radius 2 is 2.00 bits per heavy atom. The third-order valence-corrected chi connectivity index (χ3v) is 2.22. The van der Waals surface area contributed by atoms with Crippen LogP contribution in [0.4, 0.5) is 15.8 Å². The van der Waals surface area contributed by atoms with Crippen molar-refractivity contribution in [3.8, 4) is 0 Å². The Morgan fingerprint density at radius 1 is 1.44 bits per heavy atom. The summed E-state index contributed by atoms with van der Waals surface area (Å²) in [6.45, 7) is 0. The lowest BCUT2D eigenvalue weighted by atomic mass is 10.0. The van der Waals surface area contributed by atoms with Crippen molar-refractivity contribution in [1.82, 2.24) is 0 Å². The number of carbonyl (C=O) groups is 1. The number of halogens is 1. The summed E-state index contributed by atoms with van der Waals surface area (Å²) < 4.78 is 13.3. The van der Waals surface area contributed by atoms with Crippen LogP contribution in [0.1, 0.15) is 11.7 Å². The average Bonchev–Trinajstić information content (AvgIpc) is 2.29. The largest absolute Gasteiger partial charge is 0.479 e. The predicted molar refractivity (Wildman–Crippen MR) is 56.1 cm³/mol. The first-order chi connectivity index (χ1) is 8.25.